The minimum atomic E-state index is -0.738. The van der Waals surface area contributed by atoms with Gasteiger partial charge in [-0.1, -0.05) is 54.6 Å². The van der Waals surface area contributed by atoms with Gasteiger partial charge < -0.3 is 18.9 Å². The summed E-state index contributed by atoms with van der Waals surface area (Å²) in [6, 6.07) is 24.8. The van der Waals surface area contributed by atoms with Crippen molar-refractivity contribution in [3.05, 3.63) is 101 Å². The van der Waals surface area contributed by atoms with Crippen LogP contribution < -0.4 is 14.2 Å². The van der Waals surface area contributed by atoms with Gasteiger partial charge in [-0.05, 0) is 55.2 Å². The van der Waals surface area contributed by atoms with Gasteiger partial charge in [0.1, 0.15) is 31.5 Å². The summed E-state index contributed by atoms with van der Waals surface area (Å²) in [4.78, 5) is 31.5. The van der Waals surface area contributed by atoms with Gasteiger partial charge >= 0.3 is 5.97 Å². The highest BCUT2D eigenvalue weighted by Gasteiger charge is 2.43. The Kier molecular flexibility index (Phi) is 8.59. The lowest BCUT2D eigenvalue weighted by molar-refractivity contribution is -0.147. The van der Waals surface area contributed by atoms with E-state index in [-0.39, 0.29) is 19.0 Å². The number of ketones is 1. The molecular weight excluding hydrogens is 506 g/mol. The normalized spacial score (nSPS) is 18.4. The molecule has 0 amide bonds. The van der Waals surface area contributed by atoms with E-state index in [1.54, 1.807) is 7.11 Å². The van der Waals surface area contributed by atoms with Crippen molar-refractivity contribution in [3.63, 3.8) is 0 Å². The first-order valence-corrected chi connectivity index (χ1v) is 13.6. The summed E-state index contributed by atoms with van der Waals surface area (Å²) in [5, 5.41) is 0. The molecule has 0 N–H and O–H groups in total. The van der Waals surface area contributed by atoms with Crippen molar-refractivity contribution < 1.29 is 28.5 Å². The molecule has 0 fully saturated rings. The molecule has 7 heteroatoms. The third kappa shape index (κ3) is 6.09. The maximum Gasteiger partial charge on any atom is 0.315 e. The molecular formula is C33H33NO6. The van der Waals surface area contributed by atoms with Gasteiger partial charge in [0.05, 0.1) is 7.11 Å². The number of nitrogens with zero attached hydrogens (tertiary/aromatic N) is 1. The van der Waals surface area contributed by atoms with Crippen LogP contribution in [0.1, 0.15) is 43.2 Å². The largest absolute Gasteiger partial charge is 0.493 e. The molecule has 3 aromatic rings. The molecule has 1 aliphatic carbocycles. The summed E-state index contributed by atoms with van der Waals surface area (Å²) in [5.41, 5.74) is 3.81. The molecule has 40 heavy (non-hydrogen) atoms. The first kappa shape index (κ1) is 27.2. The summed E-state index contributed by atoms with van der Waals surface area (Å²) in [5.74, 6) is 0.140. The number of esters is 1. The van der Waals surface area contributed by atoms with Crippen molar-refractivity contribution in [1.82, 2.24) is 0 Å². The predicted octanol–water partition coefficient (Wildman–Crippen LogP) is 6.08. The van der Waals surface area contributed by atoms with E-state index < -0.39 is 17.8 Å². The summed E-state index contributed by atoms with van der Waals surface area (Å²) < 4.78 is 23.1. The Balaban J connectivity index is 1.39. The molecule has 0 bridgehead atoms. The van der Waals surface area contributed by atoms with Crippen LogP contribution in [0.4, 0.5) is 0 Å². The van der Waals surface area contributed by atoms with Gasteiger partial charge in [-0.25, -0.2) is 0 Å². The highest BCUT2D eigenvalue weighted by atomic mass is 16.6. The Hall–Kier alpha value is -4.39. The molecule has 1 aliphatic heterocycles. The highest BCUT2D eigenvalue weighted by Crippen LogP contribution is 2.45. The SMILES string of the molecule is COc1cc([C@@H]2C3=C(CCCC3=O)N=C(C)C2C(=O)OCCOc2ccccc2)ccc1OCc1ccccc1. The van der Waals surface area contributed by atoms with Crippen molar-refractivity contribution in [2.24, 2.45) is 10.9 Å². The summed E-state index contributed by atoms with van der Waals surface area (Å²) in [7, 11) is 1.58. The molecule has 0 aromatic heterocycles. The zero-order valence-electron chi connectivity index (χ0n) is 22.8. The zero-order valence-corrected chi connectivity index (χ0v) is 22.8. The van der Waals surface area contributed by atoms with Crippen LogP contribution in [-0.4, -0.2) is 37.8 Å². The number of benzene rings is 3. The van der Waals surface area contributed by atoms with Gasteiger partial charge in [-0.15, -0.1) is 0 Å². The number of ether oxygens (including phenoxy) is 4. The van der Waals surface area contributed by atoms with E-state index in [1.165, 1.54) is 0 Å². The second-order valence-electron chi connectivity index (χ2n) is 9.86. The Morgan fingerprint density at radius 2 is 1.65 bits per heavy atom. The van der Waals surface area contributed by atoms with E-state index in [0.29, 0.717) is 48.0 Å². The van der Waals surface area contributed by atoms with Gasteiger partial charge in [0.2, 0.25) is 0 Å². The van der Waals surface area contributed by atoms with Crippen molar-refractivity contribution in [3.8, 4) is 17.2 Å². The lowest BCUT2D eigenvalue weighted by atomic mass is 9.71. The van der Waals surface area contributed by atoms with Gasteiger partial charge in [0.25, 0.3) is 0 Å². The molecule has 0 spiro atoms. The fourth-order valence-electron chi connectivity index (χ4n) is 5.31. The summed E-state index contributed by atoms with van der Waals surface area (Å²) >= 11 is 0. The van der Waals surface area contributed by atoms with Crippen molar-refractivity contribution in [2.45, 2.75) is 38.7 Å². The number of hydrogen-bond donors (Lipinski definition) is 0. The Bertz CT molecular complexity index is 1410. The molecule has 0 saturated heterocycles. The molecule has 0 saturated carbocycles. The van der Waals surface area contributed by atoms with Crippen LogP contribution in [-0.2, 0) is 20.9 Å². The van der Waals surface area contributed by atoms with E-state index >= 15 is 0 Å². The summed E-state index contributed by atoms with van der Waals surface area (Å²) in [6.07, 6.45) is 1.89. The molecule has 5 rings (SSSR count). The third-order valence-electron chi connectivity index (χ3n) is 7.21. The van der Waals surface area contributed by atoms with E-state index in [4.69, 9.17) is 23.9 Å². The molecule has 206 valence electrons. The average molecular weight is 540 g/mol. The van der Waals surface area contributed by atoms with Crippen LogP contribution in [0.5, 0.6) is 17.2 Å². The monoisotopic (exact) mass is 539 g/mol. The van der Waals surface area contributed by atoms with Crippen molar-refractivity contribution in [1.29, 1.82) is 0 Å². The number of Topliss-reactive ketones (excluding diaryl/α,β-unsaturated/α-hetero) is 1. The van der Waals surface area contributed by atoms with Crippen molar-refractivity contribution in [2.75, 3.05) is 20.3 Å². The smallest absolute Gasteiger partial charge is 0.315 e. The molecule has 1 unspecified atom stereocenters. The highest BCUT2D eigenvalue weighted by molar-refractivity contribution is 6.08. The molecule has 3 aromatic carbocycles. The molecule has 2 aliphatic rings. The quantitative estimate of drug-likeness (QED) is 0.229. The maximum atomic E-state index is 13.5. The predicted molar refractivity (Wildman–Crippen MR) is 152 cm³/mol. The summed E-state index contributed by atoms with van der Waals surface area (Å²) in [6.45, 7) is 2.52. The zero-order chi connectivity index (χ0) is 27.9. The number of carbonyl (C=O) groups is 2. The van der Waals surface area contributed by atoms with E-state index in [2.05, 4.69) is 0 Å². The van der Waals surface area contributed by atoms with E-state index in [0.717, 1.165) is 23.2 Å². The van der Waals surface area contributed by atoms with E-state index in [1.807, 2.05) is 85.8 Å². The third-order valence-corrected chi connectivity index (χ3v) is 7.21. The Labute approximate surface area is 234 Å². The van der Waals surface area contributed by atoms with Crippen LogP contribution in [0.3, 0.4) is 0 Å². The number of allylic oxidation sites excluding steroid dienone is 2. The van der Waals surface area contributed by atoms with Gasteiger partial charge in [0.15, 0.2) is 17.3 Å². The minimum Gasteiger partial charge on any atom is -0.493 e. The standard InChI is InChI=1S/C33H33NO6/c1-22-30(33(36)39-19-18-38-25-12-7-4-8-13-25)31(32-26(34-22)14-9-15-27(32)35)24-16-17-28(29(20-24)37-2)40-21-23-10-5-3-6-11-23/h3-8,10-13,16-17,20,30-31H,9,14-15,18-19,21H2,1-2H3/t30?,31-/m0/s1. The lowest BCUT2D eigenvalue weighted by Gasteiger charge is -2.34. The Morgan fingerprint density at radius 3 is 2.40 bits per heavy atom. The van der Waals surface area contributed by atoms with Crippen LogP contribution in [0, 0.1) is 5.92 Å². The number of rotatable bonds is 10. The molecule has 1 heterocycles. The lowest BCUT2D eigenvalue weighted by Crippen LogP contribution is -2.37. The second-order valence-corrected chi connectivity index (χ2v) is 9.86. The number of carbonyl (C=O) groups excluding carboxylic acids is 2. The number of methoxy groups -OCH3 is 1. The Morgan fingerprint density at radius 1 is 0.900 bits per heavy atom. The topological polar surface area (TPSA) is 83.4 Å². The van der Waals surface area contributed by atoms with Crippen molar-refractivity contribution >= 4 is 17.5 Å². The van der Waals surface area contributed by atoms with Crippen LogP contribution >= 0.6 is 0 Å². The molecule has 2 atom stereocenters. The fourth-order valence-corrected chi connectivity index (χ4v) is 5.31. The first-order chi connectivity index (χ1) is 19.5. The van der Waals surface area contributed by atoms with Gasteiger partial charge in [-0.2, -0.15) is 0 Å². The minimum absolute atomic E-state index is 0.0241. The van der Waals surface area contributed by atoms with Crippen LogP contribution in [0.15, 0.2) is 95.1 Å². The fraction of sp³-hybridized carbons (Fsp3) is 0.303. The number of hydrogen-bond acceptors (Lipinski definition) is 7. The molecule has 7 nitrogen and oxygen atoms in total. The first-order valence-electron chi connectivity index (χ1n) is 13.6. The van der Waals surface area contributed by atoms with Crippen LogP contribution in [0.2, 0.25) is 0 Å². The maximum absolute atomic E-state index is 13.5. The number of para-hydroxylation sites is 1. The average Bonchev–Trinajstić information content (AvgIpc) is 2.98. The van der Waals surface area contributed by atoms with E-state index in [9.17, 15) is 9.59 Å². The second kappa shape index (κ2) is 12.6. The number of aliphatic imine (C=N–C) groups is 1. The van der Waals surface area contributed by atoms with Crippen LogP contribution in [0.25, 0.3) is 0 Å². The van der Waals surface area contributed by atoms with Gasteiger partial charge in [0, 0.05) is 29.3 Å². The van der Waals surface area contributed by atoms with Gasteiger partial charge in [-0.3, -0.25) is 14.6 Å². The molecule has 0 radical (unpaired) electrons.